The van der Waals surface area contributed by atoms with Crippen molar-refractivity contribution < 1.29 is 29.4 Å². The van der Waals surface area contributed by atoms with E-state index < -0.39 is 35.9 Å². The number of hydrogen-bond acceptors (Lipinski definition) is 6. The summed E-state index contributed by atoms with van der Waals surface area (Å²) in [5, 5.41) is 19.5. The van der Waals surface area contributed by atoms with E-state index in [0.717, 1.165) is 11.1 Å². The van der Waals surface area contributed by atoms with Crippen LogP contribution in [0.15, 0.2) is 60.7 Å². The molecule has 40 heavy (non-hydrogen) atoms. The fourth-order valence-electron chi connectivity index (χ4n) is 5.68. The van der Waals surface area contributed by atoms with Gasteiger partial charge < -0.3 is 20.0 Å². The van der Waals surface area contributed by atoms with Gasteiger partial charge in [0.25, 0.3) is 0 Å². The van der Waals surface area contributed by atoms with Crippen LogP contribution < -0.4 is 0 Å². The first kappa shape index (κ1) is 30.0. The van der Waals surface area contributed by atoms with Gasteiger partial charge in [-0.05, 0) is 36.8 Å². The van der Waals surface area contributed by atoms with Gasteiger partial charge in [-0.15, -0.1) is 0 Å². The van der Waals surface area contributed by atoms with Gasteiger partial charge >= 0.3 is 11.9 Å². The Labute approximate surface area is 242 Å². The molecule has 0 bridgehead atoms. The fraction of sp³-hybridized carbons (Fsp3) is 0.467. The molecule has 0 saturated carbocycles. The lowest BCUT2D eigenvalue weighted by atomic mass is 10.0. The molecule has 0 aliphatic carbocycles. The SMILES string of the molecule is C[C@H](CSSC[C@@H](C)C(=O)N1C(C(=O)O)CCC1c1ccccc1)C(=O)N1C(C(=O)O)CCC1c1ccccc1. The van der Waals surface area contributed by atoms with Crippen molar-refractivity contribution in [1.29, 1.82) is 0 Å². The first-order chi connectivity index (χ1) is 19.2. The fourth-order valence-corrected chi connectivity index (χ4v) is 8.37. The summed E-state index contributed by atoms with van der Waals surface area (Å²) < 4.78 is 0. The number of carbonyl (C=O) groups excluding carboxylic acids is 2. The highest BCUT2D eigenvalue weighted by atomic mass is 33.1. The monoisotopic (exact) mass is 584 g/mol. The highest BCUT2D eigenvalue weighted by Gasteiger charge is 2.44. The lowest BCUT2D eigenvalue weighted by Gasteiger charge is -2.31. The van der Waals surface area contributed by atoms with Crippen molar-refractivity contribution in [2.24, 2.45) is 11.8 Å². The zero-order valence-electron chi connectivity index (χ0n) is 22.7. The number of benzene rings is 2. The Kier molecular flexibility index (Phi) is 10.2. The summed E-state index contributed by atoms with van der Waals surface area (Å²) >= 11 is 0. The van der Waals surface area contributed by atoms with E-state index in [1.807, 2.05) is 74.5 Å². The first-order valence-electron chi connectivity index (χ1n) is 13.6. The van der Waals surface area contributed by atoms with E-state index in [2.05, 4.69) is 0 Å². The van der Waals surface area contributed by atoms with Crippen LogP contribution in [0, 0.1) is 11.8 Å². The molecule has 2 heterocycles. The lowest BCUT2D eigenvalue weighted by Crippen LogP contribution is -2.44. The second kappa shape index (κ2) is 13.6. The minimum absolute atomic E-state index is 0.178. The highest BCUT2D eigenvalue weighted by molar-refractivity contribution is 8.76. The van der Waals surface area contributed by atoms with Gasteiger partial charge in [0.15, 0.2) is 0 Å². The Morgan fingerprint density at radius 1 is 0.675 bits per heavy atom. The molecular formula is C30H36N2O6S2. The quantitative estimate of drug-likeness (QED) is 0.271. The van der Waals surface area contributed by atoms with Gasteiger partial charge in [-0.1, -0.05) is 96.1 Å². The minimum atomic E-state index is -0.983. The Morgan fingerprint density at radius 2 is 1.02 bits per heavy atom. The molecule has 214 valence electrons. The van der Waals surface area contributed by atoms with Crippen molar-refractivity contribution in [3.05, 3.63) is 71.8 Å². The topological polar surface area (TPSA) is 115 Å². The van der Waals surface area contributed by atoms with Crippen LogP contribution in [0.2, 0.25) is 0 Å². The molecular weight excluding hydrogens is 548 g/mol. The molecule has 4 rings (SSSR count). The standard InChI is InChI=1S/C30H36N2O6S2/c1-19(27(33)31-23(13-15-25(31)29(35)36)21-9-5-3-6-10-21)17-39-40-18-20(2)28(34)32-24(14-16-26(32)30(37)38)22-11-7-4-8-12-22/h3-12,19-20,23-26H,13-18H2,1-2H3,(H,35,36)(H,37,38)/t19-,20-,23?,24?,25?,26?/m1/s1. The van der Waals surface area contributed by atoms with Gasteiger partial charge in [0.05, 0.1) is 12.1 Å². The van der Waals surface area contributed by atoms with E-state index >= 15 is 0 Å². The van der Waals surface area contributed by atoms with Crippen LogP contribution in [0.3, 0.4) is 0 Å². The molecule has 8 nitrogen and oxygen atoms in total. The Bertz CT molecular complexity index is 1100. The number of hydrogen-bond donors (Lipinski definition) is 2. The van der Waals surface area contributed by atoms with Crippen LogP contribution in [-0.2, 0) is 19.2 Å². The van der Waals surface area contributed by atoms with Crippen molar-refractivity contribution >= 4 is 45.3 Å². The molecule has 0 aromatic heterocycles. The average molecular weight is 585 g/mol. The number of carboxylic acid groups (broad SMARTS) is 2. The van der Waals surface area contributed by atoms with Gasteiger partial charge in [-0.25, -0.2) is 9.59 Å². The Morgan fingerprint density at radius 3 is 1.35 bits per heavy atom. The molecule has 2 aliphatic heterocycles. The normalized spacial score (nSPS) is 24.1. The molecule has 6 atom stereocenters. The number of nitrogens with zero attached hydrogens (tertiary/aromatic N) is 2. The Hall–Kier alpha value is -2.98. The predicted molar refractivity (Wildman–Crippen MR) is 157 cm³/mol. The number of amides is 2. The molecule has 2 saturated heterocycles. The van der Waals surface area contributed by atoms with Crippen LogP contribution in [-0.4, -0.2) is 67.4 Å². The predicted octanol–water partition coefficient (Wildman–Crippen LogP) is 5.27. The number of likely N-dealkylation sites (tertiary alicyclic amines) is 2. The van der Waals surface area contributed by atoms with Gasteiger partial charge in [-0.2, -0.15) is 0 Å². The molecule has 2 aromatic carbocycles. The summed E-state index contributed by atoms with van der Waals surface area (Å²) in [4.78, 5) is 53.8. The minimum Gasteiger partial charge on any atom is -0.480 e. The van der Waals surface area contributed by atoms with Gasteiger partial charge in [0.2, 0.25) is 11.8 Å². The average Bonchev–Trinajstić information content (AvgIpc) is 3.61. The molecule has 4 unspecified atom stereocenters. The van der Waals surface area contributed by atoms with Crippen molar-refractivity contribution in [2.45, 2.75) is 63.7 Å². The largest absolute Gasteiger partial charge is 0.480 e. The van der Waals surface area contributed by atoms with E-state index in [1.165, 1.54) is 21.6 Å². The second-order valence-corrected chi connectivity index (χ2v) is 13.1. The zero-order valence-corrected chi connectivity index (χ0v) is 24.4. The summed E-state index contributed by atoms with van der Waals surface area (Å²) in [7, 11) is 2.96. The number of rotatable bonds is 11. The number of aliphatic carboxylic acids is 2. The molecule has 0 spiro atoms. The van der Waals surface area contributed by atoms with Crippen LogP contribution in [0.4, 0.5) is 0 Å². The third-order valence-electron chi connectivity index (χ3n) is 7.78. The summed E-state index contributed by atoms with van der Waals surface area (Å²) in [6.07, 6.45) is 2.07. The Balaban J connectivity index is 1.33. The zero-order chi connectivity index (χ0) is 28.8. The summed E-state index contributed by atoms with van der Waals surface area (Å²) in [6.45, 7) is 3.63. The first-order valence-corrected chi connectivity index (χ1v) is 16.1. The van der Waals surface area contributed by atoms with E-state index in [4.69, 9.17) is 0 Å². The third kappa shape index (κ3) is 6.66. The van der Waals surface area contributed by atoms with Crippen molar-refractivity contribution in [3.8, 4) is 0 Å². The summed E-state index contributed by atoms with van der Waals surface area (Å²) in [5.41, 5.74) is 1.88. The van der Waals surface area contributed by atoms with Crippen LogP contribution in [0.5, 0.6) is 0 Å². The van der Waals surface area contributed by atoms with Crippen molar-refractivity contribution in [2.75, 3.05) is 11.5 Å². The number of carbonyl (C=O) groups is 4. The van der Waals surface area contributed by atoms with E-state index in [1.54, 1.807) is 9.80 Å². The smallest absolute Gasteiger partial charge is 0.326 e. The van der Waals surface area contributed by atoms with Crippen molar-refractivity contribution in [1.82, 2.24) is 9.80 Å². The van der Waals surface area contributed by atoms with E-state index in [9.17, 15) is 29.4 Å². The summed E-state index contributed by atoms with van der Waals surface area (Å²) in [6, 6.07) is 16.9. The van der Waals surface area contributed by atoms with Crippen LogP contribution >= 0.6 is 21.6 Å². The highest BCUT2D eigenvalue weighted by Crippen LogP contribution is 2.40. The van der Waals surface area contributed by atoms with E-state index in [-0.39, 0.29) is 23.9 Å². The van der Waals surface area contributed by atoms with Crippen molar-refractivity contribution in [3.63, 3.8) is 0 Å². The maximum absolute atomic E-state index is 13.4. The maximum atomic E-state index is 13.4. The molecule has 2 aliphatic rings. The molecule has 2 fully saturated rings. The van der Waals surface area contributed by atoms with Gasteiger partial charge in [-0.3, -0.25) is 9.59 Å². The molecule has 2 aromatic rings. The van der Waals surface area contributed by atoms with Crippen LogP contribution in [0.25, 0.3) is 0 Å². The number of carboxylic acids is 2. The van der Waals surface area contributed by atoms with E-state index in [0.29, 0.717) is 37.2 Å². The maximum Gasteiger partial charge on any atom is 0.326 e. The van der Waals surface area contributed by atoms with Gasteiger partial charge in [0.1, 0.15) is 12.1 Å². The summed E-state index contributed by atoms with van der Waals surface area (Å²) in [5.74, 6) is -2.16. The molecule has 10 heteroatoms. The third-order valence-corrected chi connectivity index (χ3v) is 10.5. The second-order valence-electron chi connectivity index (χ2n) is 10.6. The van der Waals surface area contributed by atoms with Crippen LogP contribution in [0.1, 0.15) is 62.7 Å². The molecule has 2 N–H and O–H groups in total. The molecule has 0 radical (unpaired) electrons. The molecule has 2 amide bonds. The lowest BCUT2D eigenvalue weighted by molar-refractivity contribution is -0.151. The van der Waals surface area contributed by atoms with Gasteiger partial charge in [0, 0.05) is 23.3 Å².